The topological polar surface area (TPSA) is 20.6 Å². The average molecular weight is 676 g/mol. The van der Waals surface area contributed by atoms with E-state index in [1.165, 1.54) is 31.1 Å². The van der Waals surface area contributed by atoms with Crippen LogP contribution in [0.3, 0.4) is 0 Å². The van der Waals surface area contributed by atoms with E-state index >= 15 is 0 Å². The number of nitrogens with zero attached hydrogens (tertiary/aromatic N) is 3. The van der Waals surface area contributed by atoms with Gasteiger partial charge in [-0.2, -0.15) is 43.1 Å². The minimum Gasteiger partial charge on any atom is -0.509 e. The van der Waals surface area contributed by atoms with Crippen LogP contribution in [0.1, 0.15) is 0 Å². The molecule has 0 fully saturated rings. The molecule has 44 heavy (non-hydrogen) atoms. The Bertz CT molecular complexity index is 2340. The summed E-state index contributed by atoms with van der Waals surface area (Å²) in [5.74, 6) is 1.27. The molecule has 6 aromatic carbocycles. The third-order valence-electron chi connectivity index (χ3n) is 8.13. The number of rotatable bonds is 4. The van der Waals surface area contributed by atoms with Crippen molar-refractivity contribution in [2.24, 2.45) is 0 Å². The van der Waals surface area contributed by atoms with Gasteiger partial charge in [0.15, 0.2) is 0 Å². The fraction of sp³-hybridized carbons (Fsp3) is 0.0263. The van der Waals surface area contributed by atoms with E-state index in [2.05, 4.69) is 125 Å². The number of aromatic nitrogens is 1. The van der Waals surface area contributed by atoms with Crippen molar-refractivity contribution in [3.05, 3.63) is 140 Å². The second kappa shape index (κ2) is 10.5. The zero-order valence-electron chi connectivity index (χ0n) is 23.5. The summed E-state index contributed by atoms with van der Waals surface area (Å²) in [4.78, 5) is 4.25. The van der Waals surface area contributed by atoms with Gasteiger partial charge in [0, 0.05) is 69.0 Å². The molecular weight excluding hydrogens is 653 g/mol. The first-order chi connectivity index (χ1) is 21.2. The third kappa shape index (κ3) is 4.14. The van der Waals surface area contributed by atoms with Gasteiger partial charge in [0.05, 0.1) is 0 Å². The summed E-state index contributed by atoms with van der Waals surface area (Å²) < 4.78 is 11.3. The average Bonchev–Trinajstić information content (AvgIpc) is 3.70. The molecule has 0 saturated carbocycles. The second-order valence-electron chi connectivity index (χ2n) is 10.7. The van der Waals surface area contributed by atoms with Gasteiger partial charge in [0.2, 0.25) is 0 Å². The number of thiophene rings is 1. The van der Waals surface area contributed by atoms with Gasteiger partial charge in [-0.3, -0.25) is 0 Å². The predicted octanol–water partition coefficient (Wildman–Crippen LogP) is 10.0. The molecule has 0 N–H and O–H groups in total. The number of benzene rings is 6. The van der Waals surface area contributed by atoms with Gasteiger partial charge in [0.1, 0.15) is 0 Å². The molecular formula is C38H23N3OPdS-4. The van der Waals surface area contributed by atoms with Crippen LogP contribution in [0.15, 0.2) is 115 Å². The minimum atomic E-state index is 0. The second-order valence-corrected chi connectivity index (χ2v) is 11.8. The quantitative estimate of drug-likeness (QED) is 0.137. The number of hydrogen-bond acceptors (Lipinski definition) is 4. The van der Waals surface area contributed by atoms with Crippen LogP contribution in [0, 0.1) is 24.9 Å². The molecule has 4 nitrogen and oxygen atoms in total. The Kier molecular flexibility index (Phi) is 6.46. The number of ether oxygens (including phenoxy) is 1. The summed E-state index contributed by atoms with van der Waals surface area (Å²) in [6, 6.07) is 50.3. The van der Waals surface area contributed by atoms with Gasteiger partial charge in [-0.25, -0.2) is 0 Å². The van der Waals surface area contributed by atoms with E-state index < -0.39 is 0 Å². The molecule has 0 amide bonds. The van der Waals surface area contributed by atoms with E-state index in [1.807, 2.05) is 47.7 Å². The summed E-state index contributed by atoms with van der Waals surface area (Å²) in [6.07, 6.45) is 0. The smallest absolute Gasteiger partial charge is 0.0469 e. The van der Waals surface area contributed by atoms with Crippen LogP contribution >= 0.6 is 11.3 Å². The van der Waals surface area contributed by atoms with E-state index in [-0.39, 0.29) is 20.4 Å². The summed E-state index contributed by atoms with van der Waals surface area (Å²) in [5, 5.41) is 4.84. The van der Waals surface area contributed by atoms with Crippen LogP contribution in [-0.4, -0.2) is 11.6 Å². The molecule has 6 heteroatoms. The molecule has 216 valence electrons. The Morgan fingerprint density at radius 1 is 0.659 bits per heavy atom. The van der Waals surface area contributed by atoms with Gasteiger partial charge in [-0.15, -0.1) is 58.8 Å². The van der Waals surface area contributed by atoms with Crippen molar-refractivity contribution in [3.63, 3.8) is 0 Å². The molecule has 9 rings (SSSR count). The molecule has 2 aromatic heterocycles. The van der Waals surface area contributed by atoms with Crippen molar-refractivity contribution < 1.29 is 25.2 Å². The molecule has 0 aliphatic carbocycles. The standard InChI is InChI=1S/C38H23N3OS.Pd/c1-39-24-40(33-16-7-6-15-32(33)39)26-12-9-13-27(22-26)42-28-18-19-29-30-20-21-36-37(31-14-5-8-17-35(31)43-36)38(30)41(34(29)23-28)25-10-3-2-4-11-25;/h2-10,12-21,24H,1H3;/q-4;. The first-order valence-corrected chi connectivity index (χ1v) is 15.0. The molecule has 0 spiro atoms. The van der Waals surface area contributed by atoms with Crippen molar-refractivity contribution >= 4 is 70.4 Å². The zero-order valence-corrected chi connectivity index (χ0v) is 25.9. The van der Waals surface area contributed by atoms with Gasteiger partial charge in [-0.1, -0.05) is 47.6 Å². The van der Waals surface area contributed by atoms with Gasteiger partial charge >= 0.3 is 0 Å². The number of anilines is 3. The Balaban J connectivity index is 0.00000289. The molecule has 8 aromatic rings. The third-order valence-corrected chi connectivity index (χ3v) is 9.26. The van der Waals surface area contributed by atoms with Gasteiger partial charge in [-0.05, 0) is 36.7 Å². The molecule has 0 saturated heterocycles. The number of para-hydroxylation sites is 3. The monoisotopic (exact) mass is 675 g/mol. The largest absolute Gasteiger partial charge is 0.509 e. The Hall–Kier alpha value is -4.60. The van der Waals surface area contributed by atoms with E-state index in [9.17, 15) is 0 Å². The van der Waals surface area contributed by atoms with Crippen molar-refractivity contribution in [3.8, 4) is 17.2 Å². The van der Waals surface area contributed by atoms with E-state index in [1.54, 1.807) is 0 Å². The molecule has 1 aliphatic heterocycles. The fourth-order valence-electron chi connectivity index (χ4n) is 6.25. The molecule has 0 unspecified atom stereocenters. The predicted molar refractivity (Wildman–Crippen MR) is 178 cm³/mol. The van der Waals surface area contributed by atoms with Crippen LogP contribution in [-0.2, 0) is 20.4 Å². The first kappa shape index (κ1) is 27.0. The first-order valence-electron chi connectivity index (χ1n) is 14.2. The van der Waals surface area contributed by atoms with E-state index in [4.69, 9.17) is 4.74 Å². The number of hydrogen-bond donors (Lipinski definition) is 0. The molecule has 0 radical (unpaired) electrons. The van der Waals surface area contributed by atoms with Gasteiger partial charge < -0.3 is 19.1 Å². The summed E-state index contributed by atoms with van der Waals surface area (Å²) in [7, 11) is 2.05. The Labute approximate surface area is 273 Å². The van der Waals surface area contributed by atoms with Crippen LogP contribution in [0.2, 0.25) is 0 Å². The van der Waals surface area contributed by atoms with Gasteiger partial charge in [0.25, 0.3) is 0 Å². The normalized spacial score (nSPS) is 12.8. The zero-order chi connectivity index (χ0) is 28.5. The minimum absolute atomic E-state index is 0. The van der Waals surface area contributed by atoms with Crippen LogP contribution in [0.4, 0.5) is 17.1 Å². The maximum atomic E-state index is 6.44. The van der Waals surface area contributed by atoms with Crippen LogP contribution < -0.4 is 14.5 Å². The molecule has 0 bridgehead atoms. The maximum absolute atomic E-state index is 6.44. The molecule has 3 heterocycles. The molecule has 1 aliphatic rings. The van der Waals surface area contributed by atoms with Crippen LogP contribution in [0.5, 0.6) is 11.5 Å². The summed E-state index contributed by atoms with van der Waals surface area (Å²) >= 11 is 1.83. The fourth-order valence-corrected chi connectivity index (χ4v) is 7.36. The van der Waals surface area contributed by atoms with Crippen molar-refractivity contribution in [2.45, 2.75) is 0 Å². The van der Waals surface area contributed by atoms with Crippen molar-refractivity contribution in [2.75, 3.05) is 16.8 Å². The van der Waals surface area contributed by atoms with E-state index in [0.717, 1.165) is 33.7 Å². The van der Waals surface area contributed by atoms with E-state index in [0.29, 0.717) is 11.5 Å². The maximum Gasteiger partial charge on any atom is 0.0469 e. The molecule has 0 atom stereocenters. The van der Waals surface area contributed by atoms with Crippen molar-refractivity contribution in [1.82, 2.24) is 4.57 Å². The number of fused-ring (bicyclic) bond motifs is 8. The Morgan fingerprint density at radius 2 is 1.43 bits per heavy atom. The van der Waals surface area contributed by atoms with Crippen molar-refractivity contribution in [1.29, 1.82) is 0 Å². The Morgan fingerprint density at radius 3 is 2.32 bits per heavy atom. The van der Waals surface area contributed by atoms with Crippen LogP contribution in [0.25, 0.3) is 47.7 Å². The summed E-state index contributed by atoms with van der Waals surface area (Å²) in [6.45, 7) is 2.07. The SMILES string of the molecule is CN1[CH-]N(c2[c-]c(Oc3[c-]c4c(cc3)c3ccc5sc6ccccc6c5c3n4-c3[c-]cccc3)ccc2)c2ccccc21.[Pd]. The summed E-state index contributed by atoms with van der Waals surface area (Å²) in [5.41, 5.74) is 6.27.